The van der Waals surface area contributed by atoms with Gasteiger partial charge in [0, 0.05) is 10.8 Å². The Morgan fingerprint density at radius 3 is 2.62 bits per heavy atom. The van der Waals surface area contributed by atoms with Crippen LogP contribution in [-0.2, 0) is 9.59 Å². The Balaban J connectivity index is 1.80. The summed E-state index contributed by atoms with van der Waals surface area (Å²) < 4.78 is 15.2. The average Bonchev–Trinajstić information content (AvgIpc) is 2.80. The van der Waals surface area contributed by atoms with Crippen LogP contribution < -0.4 is 0 Å². The fourth-order valence-electron chi connectivity index (χ4n) is 6.51. The molecule has 2 fully saturated rings. The molecular weight excluding hydrogens is 335 g/mol. The molecule has 4 aliphatic carbocycles. The highest BCUT2D eigenvalue weighted by Crippen LogP contribution is 2.64. The van der Waals surface area contributed by atoms with Crippen LogP contribution in [0, 0.1) is 34.5 Å². The van der Waals surface area contributed by atoms with Gasteiger partial charge >= 0.3 is 5.97 Å². The maximum absolute atomic E-state index is 15.2. The number of aliphatic carboxylic acids is 1. The highest BCUT2D eigenvalue weighted by atomic mass is 19.1. The number of hydrogen-bond donors (Lipinski definition) is 2. The minimum absolute atomic E-state index is 0.00754. The van der Waals surface area contributed by atoms with Gasteiger partial charge in [-0.3, -0.25) is 9.59 Å². The van der Waals surface area contributed by atoms with Crippen LogP contribution >= 0.6 is 0 Å². The van der Waals surface area contributed by atoms with Crippen molar-refractivity contribution in [1.82, 2.24) is 0 Å². The fraction of sp³-hybridized carbons (Fsp3) is 0.714. The summed E-state index contributed by atoms with van der Waals surface area (Å²) in [7, 11) is 0. The molecule has 0 bridgehead atoms. The zero-order valence-electron chi connectivity index (χ0n) is 15.5. The van der Waals surface area contributed by atoms with Crippen LogP contribution in [0.4, 0.5) is 4.39 Å². The Hall–Kier alpha value is -1.49. The number of halogens is 1. The predicted molar refractivity (Wildman–Crippen MR) is 94.0 cm³/mol. The third-order valence-electron chi connectivity index (χ3n) is 7.96. The molecule has 2 saturated carbocycles. The SMILES string of the molecule is C[C@H]1C[C@H]2[C@@H]3C[C@H](F)C4=CC(=O)C(C(=O)O)C[C@]4(C)C3=CC[C@]2(C)[C@@H]1O. The summed E-state index contributed by atoms with van der Waals surface area (Å²) in [4.78, 5) is 23.7. The molecule has 8 atom stereocenters. The predicted octanol–water partition coefficient (Wildman–Crippen LogP) is 3.30. The van der Waals surface area contributed by atoms with E-state index in [-0.39, 0.29) is 29.6 Å². The third-order valence-corrected chi connectivity index (χ3v) is 7.96. The fourth-order valence-corrected chi connectivity index (χ4v) is 6.51. The maximum Gasteiger partial charge on any atom is 0.314 e. The van der Waals surface area contributed by atoms with E-state index in [0.717, 1.165) is 18.4 Å². The van der Waals surface area contributed by atoms with Gasteiger partial charge in [-0.25, -0.2) is 4.39 Å². The molecule has 0 radical (unpaired) electrons. The highest BCUT2D eigenvalue weighted by molar-refractivity contribution is 6.06. The van der Waals surface area contributed by atoms with Crippen molar-refractivity contribution in [3.8, 4) is 0 Å². The second-order valence-electron chi connectivity index (χ2n) is 9.37. The van der Waals surface area contributed by atoms with E-state index in [9.17, 15) is 19.8 Å². The van der Waals surface area contributed by atoms with Crippen molar-refractivity contribution in [3.63, 3.8) is 0 Å². The summed E-state index contributed by atoms with van der Waals surface area (Å²) in [5, 5.41) is 20.1. The molecule has 0 aromatic carbocycles. The van der Waals surface area contributed by atoms with Crippen LogP contribution in [0.1, 0.15) is 46.5 Å². The minimum atomic E-state index is -1.23. The van der Waals surface area contributed by atoms with Crippen LogP contribution in [0.15, 0.2) is 23.3 Å². The molecule has 0 aromatic heterocycles. The van der Waals surface area contributed by atoms with Crippen molar-refractivity contribution in [1.29, 1.82) is 0 Å². The van der Waals surface area contributed by atoms with Gasteiger partial charge in [-0.05, 0) is 55.1 Å². The molecule has 5 heteroatoms. The van der Waals surface area contributed by atoms with Crippen LogP contribution in [0.25, 0.3) is 0 Å². The number of carbonyl (C=O) groups is 2. The summed E-state index contributed by atoms with van der Waals surface area (Å²) in [6.07, 6.45) is 3.82. The number of allylic oxidation sites excluding steroid dienone is 4. The molecule has 26 heavy (non-hydrogen) atoms. The first kappa shape index (κ1) is 17.9. The molecule has 0 heterocycles. The van der Waals surface area contributed by atoms with E-state index in [4.69, 9.17) is 0 Å². The average molecular weight is 362 g/mol. The van der Waals surface area contributed by atoms with Gasteiger partial charge in [0.2, 0.25) is 0 Å². The smallest absolute Gasteiger partial charge is 0.314 e. The lowest BCUT2D eigenvalue weighted by atomic mass is 9.50. The number of alkyl halides is 1. The molecule has 0 saturated heterocycles. The summed E-state index contributed by atoms with van der Waals surface area (Å²) in [6, 6.07) is 0. The molecule has 0 amide bonds. The number of aliphatic hydroxyl groups excluding tert-OH is 1. The van der Waals surface area contributed by atoms with Crippen molar-refractivity contribution in [3.05, 3.63) is 23.3 Å². The maximum atomic E-state index is 15.2. The number of hydrogen-bond acceptors (Lipinski definition) is 3. The van der Waals surface area contributed by atoms with Crippen molar-refractivity contribution < 1.29 is 24.2 Å². The van der Waals surface area contributed by atoms with E-state index in [1.807, 2.05) is 6.92 Å². The Labute approximate surface area is 153 Å². The first-order valence-corrected chi connectivity index (χ1v) is 9.61. The van der Waals surface area contributed by atoms with Gasteiger partial charge in [0.25, 0.3) is 0 Å². The number of carboxylic acids is 1. The molecule has 0 spiro atoms. The van der Waals surface area contributed by atoms with Crippen LogP contribution in [0.3, 0.4) is 0 Å². The zero-order valence-corrected chi connectivity index (χ0v) is 15.5. The molecule has 4 nitrogen and oxygen atoms in total. The molecule has 0 aromatic rings. The zero-order chi connectivity index (χ0) is 19.0. The van der Waals surface area contributed by atoms with Gasteiger partial charge in [-0.1, -0.05) is 32.4 Å². The number of aliphatic hydroxyl groups is 1. The molecule has 2 N–H and O–H groups in total. The second kappa shape index (κ2) is 5.51. The van der Waals surface area contributed by atoms with Crippen LogP contribution in [-0.4, -0.2) is 34.2 Å². The van der Waals surface area contributed by atoms with E-state index in [1.54, 1.807) is 0 Å². The summed E-state index contributed by atoms with van der Waals surface area (Å²) in [5.74, 6) is -2.33. The van der Waals surface area contributed by atoms with Crippen molar-refractivity contribution in [2.75, 3.05) is 0 Å². The quantitative estimate of drug-likeness (QED) is 0.554. The lowest BCUT2D eigenvalue weighted by Crippen LogP contribution is -2.50. The van der Waals surface area contributed by atoms with Gasteiger partial charge in [-0.15, -0.1) is 0 Å². The van der Waals surface area contributed by atoms with E-state index in [1.165, 1.54) is 6.08 Å². The number of carbonyl (C=O) groups excluding carboxylic acids is 1. The highest BCUT2D eigenvalue weighted by Gasteiger charge is 2.60. The lowest BCUT2D eigenvalue weighted by Gasteiger charge is -2.54. The Morgan fingerprint density at radius 1 is 1.27 bits per heavy atom. The van der Waals surface area contributed by atoms with Gasteiger partial charge in [0.05, 0.1) is 6.10 Å². The number of rotatable bonds is 1. The van der Waals surface area contributed by atoms with Gasteiger partial charge < -0.3 is 10.2 Å². The standard InChI is InChI=1S/C21H27FO4/c1-10-6-14-11-7-16(22)15-8-17(23)12(19(25)26)9-21(15,3)13(11)4-5-20(14,2)18(10)24/h4,8,10-12,14,16,18,24H,5-7,9H2,1-3H3,(H,25,26)/t10-,11+,12?,14-,16-,18+,20-,21+/m0/s1. The summed E-state index contributed by atoms with van der Waals surface area (Å²) >= 11 is 0. The van der Waals surface area contributed by atoms with E-state index in [2.05, 4.69) is 19.9 Å². The minimum Gasteiger partial charge on any atom is -0.481 e. The second-order valence-corrected chi connectivity index (χ2v) is 9.37. The third kappa shape index (κ3) is 2.16. The first-order chi connectivity index (χ1) is 12.1. The van der Waals surface area contributed by atoms with Gasteiger partial charge in [0.1, 0.15) is 12.1 Å². The number of fused-ring (bicyclic) bond motifs is 5. The normalized spacial score (nSPS) is 50.3. The first-order valence-electron chi connectivity index (χ1n) is 9.61. The van der Waals surface area contributed by atoms with Crippen molar-refractivity contribution in [2.24, 2.45) is 34.5 Å². The summed E-state index contributed by atoms with van der Waals surface area (Å²) in [5.41, 5.74) is 0.594. The largest absolute Gasteiger partial charge is 0.481 e. The van der Waals surface area contributed by atoms with E-state index >= 15 is 4.39 Å². The molecule has 142 valence electrons. The van der Waals surface area contributed by atoms with E-state index < -0.39 is 35.4 Å². The van der Waals surface area contributed by atoms with Gasteiger partial charge in [0.15, 0.2) is 5.78 Å². The molecule has 1 unspecified atom stereocenters. The lowest BCUT2D eigenvalue weighted by molar-refractivity contribution is -0.146. The summed E-state index contributed by atoms with van der Waals surface area (Å²) in [6.45, 7) is 6.06. The van der Waals surface area contributed by atoms with E-state index in [0.29, 0.717) is 12.0 Å². The van der Waals surface area contributed by atoms with Crippen LogP contribution in [0.2, 0.25) is 0 Å². The van der Waals surface area contributed by atoms with Crippen molar-refractivity contribution >= 4 is 11.8 Å². The molecule has 4 aliphatic rings. The molecule has 0 aliphatic heterocycles. The molecular formula is C21H27FO4. The Morgan fingerprint density at radius 2 is 1.96 bits per heavy atom. The topological polar surface area (TPSA) is 74.6 Å². The van der Waals surface area contributed by atoms with Crippen molar-refractivity contribution in [2.45, 2.75) is 58.7 Å². The number of ketones is 1. The van der Waals surface area contributed by atoms with Gasteiger partial charge in [-0.2, -0.15) is 0 Å². The monoisotopic (exact) mass is 362 g/mol. The Bertz CT molecular complexity index is 740. The number of carboxylic acid groups (broad SMARTS) is 1. The van der Waals surface area contributed by atoms with Crippen LogP contribution in [0.5, 0.6) is 0 Å². The Kier molecular flexibility index (Phi) is 3.79. The molecule has 4 rings (SSSR count).